The van der Waals surface area contributed by atoms with Gasteiger partial charge in [0.05, 0.1) is 0 Å². The molecule has 1 unspecified atom stereocenters. The van der Waals surface area contributed by atoms with Gasteiger partial charge in [-0.25, -0.2) is 0 Å². The van der Waals surface area contributed by atoms with E-state index in [0.29, 0.717) is 21.2 Å². The summed E-state index contributed by atoms with van der Waals surface area (Å²) in [6.07, 6.45) is 8.77. The molecule has 0 saturated carbocycles. The zero-order valence-corrected chi connectivity index (χ0v) is 12.5. The quantitative estimate of drug-likeness (QED) is 0.401. The van der Waals surface area contributed by atoms with Crippen molar-refractivity contribution in [2.24, 2.45) is 5.92 Å². The Balaban J connectivity index is 2.23. The van der Waals surface area contributed by atoms with Crippen LogP contribution in [-0.2, 0) is 0 Å². The van der Waals surface area contributed by atoms with E-state index in [2.05, 4.69) is 54.3 Å². The van der Waals surface area contributed by atoms with Crippen molar-refractivity contribution >= 4 is 6.08 Å². The molecule has 0 radical (unpaired) electrons. The fourth-order valence-corrected chi connectivity index (χ4v) is 2.93. The summed E-state index contributed by atoms with van der Waals surface area (Å²) < 4.78 is 1.49. The minimum absolute atomic E-state index is 0.512. The molecule has 0 aliphatic rings. The van der Waals surface area contributed by atoms with Gasteiger partial charge in [0.15, 0.2) is 0 Å². The fraction of sp³-hybridized carbons (Fsp3) is 0.467. The van der Waals surface area contributed by atoms with Gasteiger partial charge in [0, 0.05) is 0 Å². The van der Waals surface area contributed by atoms with Crippen LogP contribution < -0.4 is 21.2 Å². The summed E-state index contributed by atoms with van der Waals surface area (Å²) in [6.45, 7) is 2.32. The average molecular weight is 329 g/mol. The molecule has 0 saturated heterocycles. The van der Waals surface area contributed by atoms with Gasteiger partial charge in [-0.15, -0.1) is 0 Å². The van der Waals surface area contributed by atoms with Crippen molar-refractivity contribution in [3.63, 3.8) is 0 Å². The van der Waals surface area contributed by atoms with Crippen molar-refractivity contribution in [2.45, 2.75) is 26.2 Å². The Hall–Kier alpha value is -0.310. The van der Waals surface area contributed by atoms with Crippen molar-refractivity contribution in [2.75, 3.05) is 9.36 Å². The topological polar surface area (TPSA) is 0 Å². The van der Waals surface area contributed by atoms with Crippen molar-refractivity contribution < 1.29 is 21.2 Å². The zero-order valence-electron chi connectivity index (χ0n) is 10.3. The zero-order chi connectivity index (χ0) is 11.6. The van der Waals surface area contributed by atoms with Gasteiger partial charge in [0.25, 0.3) is 0 Å². The fourth-order valence-electron chi connectivity index (χ4n) is 1.63. The van der Waals surface area contributed by atoms with E-state index < -0.39 is 0 Å². The van der Waals surface area contributed by atoms with E-state index in [4.69, 9.17) is 0 Å². The first-order valence-electron chi connectivity index (χ1n) is 6.00. The number of hydrogen-bond acceptors (Lipinski definition) is 0. The number of allylic oxidation sites excluding steroid dienone is 1. The second kappa shape index (κ2) is 8.80. The third kappa shape index (κ3) is 6.31. The van der Waals surface area contributed by atoms with Crippen LogP contribution in [0.2, 0.25) is 0 Å². The molecular formula is C15H22I-. The molecule has 0 bridgehead atoms. The number of benzene rings is 1. The summed E-state index contributed by atoms with van der Waals surface area (Å²) in [6, 6.07) is 10.6. The van der Waals surface area contributed by atoms with Crippen LogP contribution in [0, 0.1) is 5.92 Å². The normalized spacial score (nSPS) is 13.4. The molecule has 16 heavy (non-hydrogen) atoms. The predicted molar refractivity (Wildman–Crippen MR) is 69.3 cm³/mol. The van der Waals surface area contributed by atoms with Gasteiger partial charge < -0.3 is 0 Å². The van der Waals surface area contributed by atoms with Gasteiger partial charge in [-0.1, -0.05) is 0 Å². The monoisotopic (exact) mass is 329 g/mol. The third-order valence-electron chi connectivity index (χ3n) is 2.65. The predicted octanol–water partition coefficient (Wildman–Crippen LogP) is 1.22. The van der Waals surface area contributed by atoms with Crippen LogP contribution in [0.15, 0.2) is 36.4 Å². The molecule has 0 nitrogen and oxygen atoms in total. The number of alkyl halides is 2. The number of rotatable bonds is 7. The van der Waals surface area contributed by atoms with Crippen LogP contribution in [-0.4, -0.2) is 9.36 Å². The van der Waals surface area contributed by atoms with Crippen LogP contribution in [0.25, 0.3) is 6.08 Å². The molecule has 0 heterocycles. The number of halogens is 1. The molecule has 1 rings (SSSR count). The van der Waals surface area contributed by atoms with Crippen LogP contribution in [0.4, 0.5) is 0 Å². The van der Waals surface area contributed by atoms with E-state index in [1.807, 2.05) is 0 Å². The van der Waals surface area contributed by atoms with Crippen LogP contribution in [0.5, 0.6) is 0 Å². The summed E-state index contributed by atoms with van der Waals surface area (Å²) in [7, 11) is 0. The molecule has 0 spiro atoms. The summed E-state index contributed by atoms with van der Waals surface area (Å²) in [4.78, 5) is 2.37. The summed E-state index contributed by atoms with van der Waals surface area (Å²) in [5.41, 5.74) is 1.31. The maximum absolute atomic E-state index is 2.37. The van der Waals surface area contributed by atoms with Gasteiger partial charge in [0.1, 0.15) is 0 Å². The van der Waals surface area contributed by atoms with Gasteiger partial charge in [-0.2, -0.15) is 0 Å². The van der Waals surface area contributed by atoms with E-state index in [-0.39, 0.29) is 0 Å². The Morgan fingerprint density at radius 1 is 1.19 bits per heavy atom. The maximum atomic E-state index is 2.37. The van der Waals surface area contributed by atoms with E-state index in [9.17, 15) is 0 Å². The Morgan fingerprint density at radius 3 is 2.62 bits per heavy atom. The van der Waals surface area contributed by atoms with Crippen molar-refractivity contribution in [3.05, 3.63) is 42.0 Å². The molecule has 0 aliphatic carbocycles. The molecule has 1 aromatic carbocycles. The van der Waals surface area contributed by atoms with E-state index in [1.54, 1.807) is 0 Å². The third-order valence-corrected chi connectivity index (χ3v) is 4.49. The molecular weight excluding hydrogens is 307 g/mol. The molecule has 0 N–H and O–H groups in total. The Bertz CT molecular complexity index is 290. The van der Waals surface area contributed by atoms with Crippen LogP contribution >= 0.6 is 0 Å². The first-order chi connectivity index (χ1) is 7.83. The second-order valence-electron chi connectivity index (χ2n) is 4.20. The molecule has 1 aromatic rings. The molecule has 0 amide bonds. The van der Waals surface area contributed by atoms with Crippen LogP contribution in [0.3, 0.4) is 0 Å². The molecule has 1 atom stereocenters. The second-order valence-corrected chi connectivity index (χ2v) is 6.80. The van der Waals surface area contributed by atoms with Gasteiger partial charge in [-0.3, -0.25) is 0 Å². The SMILES string of the molecule is C[I-]CCCCC(C)/C=C/c1ccccc1. The number of hydrogen-bond donors (Lipinski definition) is 0. The Morgan fingerprint density at radius 2 is 1.94 bits per heavy atom. The summed E-state index contributed by atoms with van der Waals surface area (Å²) in [5, 5.41) is 0. The summed E-state index contributed by atoms with van der Waals surface area (Å²) >= 11 is 0.512. The molecule has 1 heteroatoms. The Kier molecular flexibility index (Phi) is 7.56. The van der Waals surface area contributed by atoms with Gasteiger partial charge >= 0.3 is 111 Å². The molecule has 0 fully saturated rings. The number of unbranched alkanes of at least 4 members (excludes halogenated alkanes) is 1. The van der Waals surface area contributed by atoms with Gasteiger partial charge in [-0.05, 0) is 0 Å². The Labute approximate surface area is 110 Å². The molecule has 90 valence electrons. The van der Waals surface area contributed by atoms with Crippen molar-refractivity contribution in [3.8, 4) is 0 Å². The van der Waals surface area contributed by atoms with E-state index in [0.717, 1.165) is 5.92 Å². The average Bonchev–Trinajstić information content (AvgIpc) is 2.33. The van der Waals surface area contributed by atoms with E-state index >= 15 is 0 Å². The van der Waals surface area contributed by atoms with Crippen LogP contribution in [0.1, 0.15) is 31.7 Å². The first-order valence-corrected chi connectivity index (χ1v) is 9.68. The minimum atomic E-state index is 0.512. The van der Waals surface area contributed by atoms with Crippen molar-refractivity contribution in [1.29, 1.82) is 0 Å². The first kappa shape index (κ1) is 13.8. The van der Waals surface area contributed by atoms with Gasteiger partial charge in [0.2, 0.25) is 0 Å². The van der Waals surface area contributed by atoms with Crippen molar-refractivity contribution in [1.82, 2.24) is 0 Å². The molecule has 0 aliphatic heterocycles. The summed E-state index contributed by atoms with van der Waals surface area (Å²) in [5.74, 6) is 0.718. The van der Waals surface area contributed by atoms with E-state index in [1.165, 1.54) is 29.3 Å². The standard InChI is InChI=1S/C15H22I/c1-14(8-6-7-13-16-2)11-12-15-9-4-3-5-10-15/h3-5,9-12,14H,6-8,13H2,1-2H3/q-1/b12-11+. The molecule has 0 aromatic heterocycles.